The number of ether oxygens (including phenoxy) is 2. The molecule has 0 spiro atoms. The summed E-state index contributed by atoms with van der Waals surface area (Å²) in [5.74, 6) is 1.74. The highest BCUT2D eigenvalue weighted by atomic mass is 35.5. The third-order valence-corrected chi connectivity index (χ3v) is 7.74. The van der Waals surface area contributed by atoms with Crippen LogP contribution in [0.15, 0.2) is 66.7 Å². The Morgan fingerprint density at radius 2 is 1.05 bits per heavy atom. The molecule has 43 heavy (non-hydrogen) atoms. The van der Waals surface area contributed by atoms with Gasteiger partial charge < -0.3 is 32.4 Å². The lowest BCUT2D eigenvalue weighted by molar-refractivity contribution is 0.300. The van der Waals surface area contributed by atoms with Crippen molar-refractivity contribution in [3.63, 3.8) is 0 Å². The van der Waals surface area contributed by atoms with Crippen molar-refractivity contribution in [1.82, 2.24) is 0 Å². The summed E-state index contributed by atoms with van der Waals surface area (Å²) in [5.41, 5.74) is 37.1. The molecule has 0 fully saturated rings. The molecule has 0 saturated carbocycles. The molecular weight excluding hydrogens is 556 g/mol. The van der Waals surface area contributed by atoms with Crippen LogP contribution in [-0.2, 0) is 32.3 Å². The van der Waals surface area contributed by atoms with Crippen LogP contribution >= 0.6 is 12.4 Å². The van der Waals surface area contributed by atoms with Gasteiger partial charge in [0.05, 0.1) is 7.11 Å². The zero-order chi connectivity index (χ0) is 30.1. The number of rotatable bonds is 14. The number of aryl methyl sites for hydroxylation is 2. The lowest BCUT2D eigenvalue weighted by Crippen LogP contribution is -2.11. The molecule has 0 heterocycles. The lowest BCUT2D eigenvalue weighted by Gasteiger charge is -2.22. The fourth-order valence-electron chi connectivity index (χ4n) is 5.99. The van der Waals surface area contributed by atoms with E-state index in [0.29, 0.717) is 32.8 Å². The van der Waals surface area contributed by atoms with Crippen LogP contribution in [0, 0.1) is 13.8 Å². The first-order valence-electron chi connectivity index (χ1n) is 14.9. The zero-order valence-electron chi connectivity index (χ0n) is 25.7. The molecule has 7 heteroatoms. The van der Waals surface area contributed by atoms with Crippen LogP contribution in [0.3, 0.4) is 0 Å². The van der Waals surface area contributed by atoms with Gasteiger partial charge in [-0.25, -0.2) is 0 Å². The minimum atomic E-state index is 0. The third-order valence-electron chi connectivity index (χ3n) is 7.74. The highest BCUT2D eigenvalue weighted by molar-refractivity contribution is 5.85. The van der Waals surface area contributed by atoms with E-state index < -0.39 is 0 Å². The van der Waals surface area contributed by atoms with E-state index in [1.165, 1.54) is 38.9 Å². The quantitative estimate of drug-likeness (QED) is 0.148. The van der Waals surface area contributed by atoms with Gasteiger partial charge in [0.1, 0.15) is 18.1 Å². The topological polar surface area (TPSA) is 123 Å². The SMILES string of the molecule is COc1cc(CCN)c(-c2cc(C)c(-c3cc(CCN)c(OCc4ccccc4)c(CCN)c3)c(C)c2)c(CCN)c1.Cl. The van der Waals surface area contributed by atoms with Gasteiger partial charge in [0, 0.05) is 0 Å². The molecule has 0 atom stereocenters. The standard InChI is InChI=1S/C36H46N4O2.ClH/c1-24-17-31(35-27(9-13-37)21-33(41-3)22-28(35)10-14-38)18-25(2)34(24)32-19-29(11-15-39)36(30(20-32)12-16-40)42-23-26-7-5-4-6-8-26;/h4-8,17-22H,9-16,23,37-40H2,1-3H3;1H. The number of nitrogens with two attached hydrogens (primary N) is 4. The van der Waals surface area contributed by atoms with Gasteiger partial charge in [0.15, 0.2) is 0 Å². The Hall–Kier alpha value is -3.39. The molecule has 0 bridgehead atoms. The highest BCUT2D eigenvalue weighted by Gasteiger charge is 2.19. The summed E-state index contributed by atoms with van der Waals surface area (Å²) in [7, 11) is 1.70. The summed E-state index contributed by atoms with van der Waals surface area (Å²) in [4.78, 5) is 0. The highest BCUT2D eigenvalue weighted by Crippen LogP contribution is 2.39. The minimum Gasteiger partial charge on any atom is -0.497 e. The van der Waals surface area contributed by atoms with E-state index in [1.54, 1.807) is 7.11 Å². The van der Waals surface area contributed by atoms with Crippen molar-refractivity contribution in [3.8, 4) is 33.8 Å². The molecule has 0 aromatic heterocycles. The van der Waals surface area contributed by atoms with Gasteiger partial charge in [-0.15, -0.1) is 12.4 Å². The number of methoxy groups -OCH3 is 1. The summed E-state index contributed by atoms with van der Waals surface area (Å²) in [5, 5.41) is 0. The molecule has 8 N–H and O–H groups in total. The number of benzene rings is 4. The Morgan fingerprint density at radius 3 is 1.51 bits per heavy atom. The molecule has 0 unspecified atom stereocenters. The van der Waals surface area contributed by atoms with E-state index in [0.717, 1.165) is 59.4 Å². The van der Waals surface area contributed by atoms with Gasteiger partial charge in [-0.2, -0.15) is 0 Å². The average Bonchev–Trinajstić information content (AvgIpc) is 2.97. The molecule has 230 valence electrons. The summed E-state index contributed by atoms with van der Waals surface area (Å²) in [6.45, 7) is 7.07. The van der Waals surface area contributed by atoms with Crippen LogP contribution in [0.4, 0.5) is 0 Å². The summed E-state index contributed by atoms with van der Waals surface area (Å²) in [6.07, 6.45) is 2.98. The average molecular weight is 603 g/mol. The Morgan fingerprint density at radius 1 is 0.581 bits per heavy atom. The summed E-state index contributed by atoms with van der Waals surface area (Å²) < 4.78 is 12.0. The van der Waals surface area contributed by atoms with Gasteiger partial charge in [0.2, 0.25) is 0 Å². The molecule has 6 nitrogen and oxygen atoms in total. The first-order chi connectivity index (χ1) is 20.4. The third kappa shape index (κ3) is 8.17. The first-order valence-corrected chi connectivity index (χ1v) is 14.9. The van der Waals surface area contributed by atoms with E-state index in [-0.39, 0.29) is 12.4 Å². The Kier molecular flexibility index (Phi) is 13.1. The van der Waals surface area contributed by atoms with Gasteiger partial charge in [0.25, 0.3) is 0 Å². The second-order valence-electron chi connectivity index (χ2n) is 10.9. The number of halogens is 1. The molecule has 0 radical (unpaired) electrons. The molecule has 4 aromatic rings. The molecular formula is C36H47ClN4O2. The Bertz CT molecular complexity index is 1410. The van der Waals surface area contributed by atoms with Crippen molar-refractivity contribution in [2.45, 2.75) is 46.1 Å². The largest absolute Gasteiger partial charge is 0.497 e. The maximum absolute atomic E-state index is 6.44. The fourth-order valence-corrected chi connectivity index (χ4v) is 5.99. The molecule has 0 amide bonds. The molecule has 4 rings (SSSR count). The normalized spacial score (nSPS) is 10.9. The van der Waals surface area contributed by atoms with Crippen LogP contribution < -0.4 is 32.4 Å². The van der Waals surface area contributed by atoms with E-state index in [4.69, 9.17) is 32.4 Å². The molecule has 4 aromatic carbocycles. The number of hydrogen-bond donors (Lipinski definition) is 4. The molecule has 0 aliphatic rings. The van der Waals surface area contributed by atoms with Crippen molar-refractivity contribution in [3.05, 3.63) is 106 Å². The van der Waals surface area contributed by atoms with Crippen molar-refractivity contribution in [2.75, 3.05) is 33.3 Å². The second-order valence-corrected chi connectivity index (χ2v) is 10.9. The van der Waals surface area contributed by atoms with Crippen LogP contribution in [0.1, 0.15) is 38.9 Å². The Balaban J connectivity index is 0.00000506. The molecule has 0 aliphatic carbocycles. The summed E-state index contributed by atoms with van der Waals surface area (Å²) in [6, 6.07) is 23.5. The monoisotopic (exact) mass is 602 g/mol. The Labute approximate surface area is 263 Å². The van der Waals surface area contributed by atoms with Gasteiger partial charge in [-0.3, -0.25) is 0 Å². The maximum atomic E-state index is 6.44. The lowest BCUT2D eigenvalue weighted by atomic mass is 9.85. The minimum absolute atomic E-state index is 0. The van der Waals surface area contributed by atoms with Crippen molar-refractivity contribution in [2.24, 2.45) is 22.9 Å². The van der Waals surface area contributed by atoms with E-state index >= 15 is 0 Å². The van der Waals surface area contributed by atoms with Crippen LogP contribution in [-0.4, -0.2) is 33.3 Å². The molecule has 0 saturated heterocycles. The zero-order valence-corrected chi connectivity index (χ0v) is 26.6. The van der Waals surface area contributed by atoms with E-state index in [2.05, 4.69) is 62.4 Å². The fraction of sp³-hybridized carbons (Fsp3) is 0.333. The van der Waals surface area contributed by atoms with E-state index in [1.807, 2.05) is 18.2 Å². The van der Waals surface area contributed by atoms with Gasteiger partial charge in [-0.05, 0) is 151 Å². The first kappa shape index (κ1) is 34.1. The van der Waals surface area contributed by atoms with Crippen molar-refractivity contribution < 1.29 is 9.47 Å². The van der Waals surface area contributed by atoms with E-state index in [9.17, 15) is 0 Å². The smallest absolute Gasteiger partial charge is 0.126 e. The maximum Gasteiger partial charge on any atom is 0.126 e. The second kappa shape index (κ2) is 16.5. The van der Waals surface area contributed by atoms with Crippen molar-refractivity contribution in [1.29, 1.82) is 0 Å². The summed E-state index contributed by atoms with van der Waals surface area (Å²) >= 11 is 0. The molecule has 0 aliphatic heterocycles. The van der Waals surface area contributed by atoms with Crippen LogP contribution in [0.2, 0.25) is 0 Å². The van der Waals surface area contributed by atoms with Crippen molar-refractivity contribution >= 4 is 12.4 Å². The predicted molar refractivity (Wildman–Crippen MR) is 182 cm³/mol. The van der Waals surface area contributed by atoms with Crippen LogP contribution in [0.25, 0.3) is 22.3 Å². The van der Waals surface area contributed by atoms with Crippen LogP contribution in [0.5, 0.6) is 11.5 Å². The van der Waals surface area contributed by atoms with Gasteiger partial charge in [-0.1, -0.05) is 42.5 Å². The van der Waals surface area contributed by atoms with Gasteiger partial charge >= 0.3 is 0 Å². The number of hydrogen-bond acceptors (Lipinski definition) is 6. The predicted octanol–water partition coefficient (Wildman–Crippen LogP) is 5.65.